The summed E-state index contributed by atoms with van der Waals surface area (Å²) in [5, 5.41) is 33.8. The van der Waals surface area contributed by atoms with E-state index in [0.29, 0.717) is 33.4 Å². The fourth-order valence-electron chi connectivity index (χ4n) is 4.44. The zero-order valence-electron chi connectivity index (χ0n) is 21.0. The fourth-order valence-corrected chi connectivity index (χ4v) is 4.44. The maximum Gasteiger partial charge on any atom is 0.342 e. The van der Waals surface area contributed by atoms with E-state index in [1.807, 2.05) is 19.1 Å². The van der Waals surface area contributed by atoms with Gasteiger partial charge in [-0.15, -0.1) is 4.91 Å². The molecule has 0 aliphatic carbocycles. The Labute approximate surface area is 222 Å². The molecule has 0 saturated carbocycles. The van der Waals surface area contributed by atoms with Crippen molar-refractivity contribution in [2.24, 2.45) is 5.18 Å². The zero-order valence-corrected chi connectivity index (χ0v) is 21.0. The SMILES string of the molecule is C=C(O)c1ccc(-c2cc(-c3ccc(C(C)=O)c(C)c3)cc(-c3ccc(C(=O)O)c([N+](=O)[O-])c3)c2)cc1N=O. The van der Waals surface area contributed by atoms with Gasteiger partial charge in [-0.3, -0.25) is 14.9 Å². The predicted molar refractivity (Wildman–Crippen MR) is 148 cm³/mol. The summed E-state index contributed by atoms with van der Waals surface area (Å²) in [7, 11) is 0. The van der Waals surface area contributed by atoms with Gasteiger partial charge in [-0.2, -0.15) is 0 Å². The number of Topliss-reactive ketones (excluding diaryl/α,β-unsaturated/α-hetero) is 1. The lowest BCUT2D eigenvalue weighted by Crippen LogP contribution is -2.02. The average Bonchev–Trinajstić information content (AvgIpc) is 2.91. The van der Waals surface area contributed by atoms with Crippen molar-refractivity contribution in [1.82, 2.24) is 0 Å². The number of carbonyl (C=O) groups is 2. The molecule has 0 aliphatic heterocycles. The molecule has 0 unspecified atom stereocenters. The highest BCUT2D eigenvalue weighted by Crippen LogP contribution is 2.37. The Balaban J connectivity index is 1.98. The average molecular weight is 523 g/mol. The van der Waals surface area contributed by atoms with E-state index in [2.05, 4.69) is 11.8 Å². The first-order valence-electron chi connectivity index (χ1n) is 11.7. The van der Waals surface area contributed by atoms with Gasteiger partial charge in [-0.1, -0.05) is 36.9 Å². The van der Waals surface area contributed by atoms with E-state index in [-0.39, 0.29) is 22.8 Å². The van der Waals surface area contributed by atoms with Gasteiger partial charge in [0, 0.05) is 17.2 Å². The normalized spacial score (nSPS) is 10.6. The summed E-state index contributed by atoms with van der Waals surface area (Å²) in [4.78, 5) is 45.8. The number of benzene rings is 4. The van der Waals surface area contributed by atoms with Crippen LogP contribution in [0.15, 0.2) is 84.6 Å². The summed E-state index contributed by atoms with van der Waals surface area (Å²) in [5.74, 6) is -1.79. The van der Waals surface area contributed by atoms with Crippen molar-refractivity contribution in [2.45, 2.75) is 13.8 Å². The van der Waals surface area contributed by atoms with Crippen LogP contribution in [-0.2, 0) is 0 Å². The van der Waals surface area contributed by atoms with Gasteiger partial charge in [0.15, 0.2) is 5.78 Å². The van der Waals surface area contributed by atoms with Crippen molar-refractivity contribution >= 4 is 28.9 Å². The number of carbonyl (C=O) groups excluding carboxylic acids is 1. The lowest BCUT2D eigenvalue weighted by molar-refractivity contribution is -0.385. The number of carboxylic acid groups (broad SMARTS) is 1. The second-order valence-electron chi connectivity index (χ2n) is 8.95. The number of ketones is 1. The number of hydrogen-bond donors (Lipinski definition) is 2. The molecule has 0 radical (unpaired) electrons. The van der Waals surface area contributed by atoms with Crippen LogP contribution in [0.2, 0.25) is 0 Å². The maximum atomic E-state index is 11.9. The van der Waals surface area contributed by atoms with Crippen molar-refractivity contribution in [3.8, 4) is 33.4 Å². The van der Waals surface area contributed by atoms with Crippen LogP contribution in [0.4, 0.5) is 11.4 Å². The smallest absolute Gasteiger partial charge is 0.342 e. The molecule has 39 heavy (non-hydrogen) atoms. The molecular formula is C30H22N2O7. The third-order valence-corrected chi connectivity index (χ3v) is 6.37. The number of aliphatic hydroxyl groups is 1. The molecule has 0 spiro atoms. The van der Waals surface area contributed by atoms with Gasteiger partial charge >= 0.3 is 5.97 Å². The molecule has 2 N–H and O–H groups in total. The summed E-state index contributed by atoms with van der Waals surface area (Å²) < 4.78 is 0. The molecule has 4 rings (SSSR count). The van der Waals surface area contributed by atoms with E-state index < -0.39 is 22.1 Å². The molecule has 9 nitrogen and oxygen atoms in total. The lowest BCUT2D eigenvalue weighted by Gasteiger charge is -2.14. The highest BCUT2D eigenvalue weighted by molar-refractivity contribution is 5.96. The molecular weight excluding hydrogens is 500 g/mol. The first-order chi connectivity index (χ1) is 18.5. The van der Waals surface area contributed by atoms with Crippen LogP contribution in [-0.4, -0.2) is 26.9 Å². The molecule has 0 heterocycles. The van der Waals surface area contributed by atoms with Crippen LogP contribution in [0, 0.1) is 21.9 Å². The third kappa shape index (κ3) is 5.33. The maximum absolute atomic E-state index is 11.9. The topological polar surface area (TPSA) is 147 Å². The van der Waals surface area contributed by atoms with Crippen molar-refractivity contribution in [3.05, 3.63) is 117 Å². The number of nitro benzene ring substituents is 1. The second-order valence-corrected chi connectivity index (χ2v) is 8.95. The fraction of sp³-hybridized carbons (Fsp3) is 0.0667. The predicted octanol–water partition coefficient (Wildman–Crippen LogP) is 7.73. The van der Waals surface area contributed by atoms with Gasteiger partial charge in [-0.05, 0) is 94.4 Å². The van der Waals surface area contributed by atoms with Crippen LogP contribution in [0.5, 0.6) is 0 Å². The number of rotatable bonds is 8. The summed E-state index contributed by atoms with van der Waals surface area (Å²) in [6.07, 6.45) is 0. The minimum Gasteiger partial charge on any atom is -0.508 e. The van der Waals surface area contributed by atoms with E-state index in [0.717, 1.165) is 11.1 Å². The molecule has 0 aliphatic rings. The van der Waals surface area contributed by atoms with Gasteiger partial charge in [0.05, 0.1) is 4.92 Å². The first-order valence-corrected chi connectivity index (χ1v) is 11.7. The Hall–Kier alpha value is -5.44. The zero-order chi connectivity index (χ0) is 28.4. The van der Waals surface area contributed by atoms with Gasteiger partial charge in [0.25, 0.3) is 5.69 Å². The quantitative estimate of drug-likeness (QED) is 0.0791. The van der Waals surface area contributed by atoms with Gasteiger partial charge in [0.1, 0.15) is 17.0 Å². The van der Waals surface area contributed by atoms with Crippen LogP contribution >= 0.6 is 0 Å². The number of nitro groups is 1. The standard InChI is InChI=1S/C30H22N2O7/c1-16-10-19(4-7-25(16)17(2)33)22-11-23(20-5-8-26(18(3)34)28(14-20)31-37)13-24(12-22)21-6-9-27(30(35)36)29(15-21)32(38)39/h4-15,34H,3H2,1-2H3,(H,35,36). The number of aliphatic hydroxyl groups excluding tert-OH is 1. The molecule has 0 bridgehead atoms. The summed E-state index contributed by atoms with van der Waals surface area (Å²) in [6, 6.07) is 19.3. The van der Waals surface area contributed by atoms with Crippen molar-refractivity contribution in [1.29, 1.82) is 0 Å². The first kappa shape index (κ1) is 26.6. The van der Waals surface area contributed by atoms with Gasteiger partial charge in [0.2, 0.25) is 0 Å². The Kier molecular flexibility index (Phi) is 7.17. The molecule has 9 heteroatoms. The Bertz CT molecular complexity index is 1710. The highest BCUT2D eigenvalue weighted by atomic mass is 16.6. The molecule has 4 aromatic rings. The van der Waals surface area contributed by atoms with E-state index >= 15 is 0 Å². The lowest BCUT2D eigenvalue weighted by atomic mass is 9.91. The second kappa shape index (κ2) is 10.5. The molecule has 4 aromatic carbocycles. The van der Waals surface area contributed by atoms with Crippen LogP contribution in [0.1, 0.15) is 38.8 Å². The monoisotopic (exact) mass is 522 g/mol. The molecule has 0 aromatic heterocycles. The highest BCUT2D eigenvalue weighted by Gasteiger charge is 2.21. The number of nitroso groups, excluding NO2 is 1. The number of nitrogens with zero attached hydrogens (tertiary/aromatic N) is 2. The minimum atomic E-state index is -1.41. The van der Waals surface area contributed by atoms with Crippen LogP contribution in [0.25, 0.3) is 39.1 Å². The minimum absolute atomic E-state index is 0.0185. The van der Waals surface area contributed by atoms with Crippen molar-refractivity contribution < 1.29 is 24.7 Å². The van der Waals surface area contributed by atoms with E-state index in [1.165, 1.54) is 37.3 Å². The molecule has 0 amide bonds. The van der Waals surface area contributed by atoms with Crippen LogP contribution < -0.4 is 0 Å². The van der Waals surface area contributed by atoms with E-state index in [9.17, 15) is 34.8 Å². The Morgan fingerprint density at radius 1 is 0.769 bits per heavy atom. The number of aromatic carboxylic acids is 1. The van der Waals surface area contributed by atoms with Gasteiger partial charge in [-0.25, -0.2) is 4.79 Å². The van der Waals surface area contributed by atoms with Gasteiger partial charge < -0.3 is 10.2 Å². The largest absolute Gasteiger partial charge is 0.508 e. The molecule has 0 saturated heterocycles. The van der Waals surface area contributed by atoms with E-state index in [1.54, 1.807) is 30.3 Å². The molecule has 0 fully saturated rings. The number of hydrogen-bond acceptors (Lipinski definition) is 7. The molecule has 0 atom stereocenters. The summed E-state index contributed by atoms with van der Waals surface area (Å²) >= 11 is 0. The Morgan fingerprint density at radius 3 is 1.69 bits per heavy atom. The van der Waals surface area contributed by atoms with Crippen LogP contribution in [0.3, 0.4) is 0 Å². The summed E-state index contributed by atoms with van der Waals surface area (Å²) in [5.41, 5.74) is 4.16. The number of carboxylic acids is 1. The Morgan fingerprint density at radius 2 is 1.26 bits per heavy atom. The number of aryl methyl sites for hydroxylation is 1. The summed E-state index contributed by atoms with van der Waals surface area (Å²) in [6.45, 7) is 6.75. The van der Waals surface area contributed by atoms with Crippen molar-refractivity contribution in [3.63, 3.8) is 0 Å². The third-order valence-electron chi connectivity index (χ3n) is 6.37. The van der Waals surface area contributed by atoms with Crippen molar-refractivity contribution in [2.75, 3.05) is 0 Å². The molecule has 194 valence electrons. The van der Waals surface area contributed by atoms with E-state index in [4.69, 9.17) is 0 Å².